The summed E-state index contributed by atoms with van der Waals surface area (Å²) in [6.45, 7) is 0.954. The number of benzene rings is 2. The number of amides is 1. The summed E-state index contributed by atoms with van der Waals surface area (Å²) in [7, 11) is 0. The molecule has 2 rings (SSSR count). The van der Waals surface area contributed by atoms with Gasteiger partial charge in [0.25, 0.3) is 0 Å². The van der Waals surface area contributed by atoms with Gasteiger partial charge in [0.15, 0.2) is 0 Å². The number of carbonyl (C=O) groups is 1. The first-order chi connectivity index (χ1) is 10.8. The van der Waals surface area contributed by atoms with Crippen molar-refractivity contribution in [3.63, 3.8) is 0 Å². The average molecular weight is 294 g/mol. The molecule has 0 bridgehead atoms. The van der Waals surface area contributed by atoms with Crippen LogP contribution in [-0.4, -0.2) is 12.5 Å². The molecule has 0 aliphatic carbocycles. The van der Waals surface area contributed by atoms with Crippen LogP contribution in [0.1, 0.15) is 24.0 Å². The fourth-order valence-electron chi connectivity index (χ4n) is 1.98. The van der Waals surface area contributed by atoms with Crippen molar-refractivity contribution >= 4 is 5.91 Å². The molecule has 0 fully saturated rings. The van der Waals surface area contributed by atoms with E-state index in [9.17, 15) is 4.79 Å². The van der Waals surface area contributed by atoms with E-state index in [1.165, 1.54) is 0 Å². The highest BCUT2D eigenvalue weighted by Crippen LogP contribution is 2.09. The van der Waals surface area contributed by atoms with Crippen molar-refractivity contribution in [1.29, 1.82) is 5.26 Å². The number of rotatable bonds is 7. The van der Waals surface area contributed by atoms with Gasteiger partial charge in [0.1, 0.15) is 5.75 Å². The Morgan fingerprint density at radius 3 is 2.73 bits per heavy atom. The fourth-order valence-corrected chi connectivity index (χ4v) is 1.98. The molecule has 1 N–H and O–H groups in total. The van der Waals surface area contributed by atoms with Gasteiger partial charge in [0, 0.05) is 13.0 Å². The maximum absolute atomic E-state index is 11.8. The van der Waals surface area contributed by atoms with Crippen LogP contribution < -0.4 is 10.1 Å². The molecule has 0 unspecified atom stereocenters. The summed E-state index contributed by atoms with van der Waals surface area (Å²) >= 11 is 0. The van der Waals surface area contributed by atoms with E-state index >= 15 is 0 Å². The monoisotopic (exact) mass is 294 g/mol. The molecular weight excluding hydrogens is 276 g/mol. The first-order valence-corrected chi connectivity index (χ1v) is 7.21. The van der Waals surface area contributed by atoms with Gasteiger partial charge in [0.2, 0.25) is 5.91 Å². The quantitative estimate of drug-likeness (QED) is 0.798. The zero-order valence-electron chi connectivity index (χ0n) is 12.3. The zero-order valence-corrected chi connectivity index (χ0v) is 12.3. The fraction of sp³-hybridized carbons (Fsp3) is 0.222. The van der Waals surface area contributed by atoms with Gasteiger partial charge in [-0.15, -0.1) is 0 Å². The zero-order chi connectivity index (χ0) is 15.6. The lowest BCUT2D eigenvalue weighted by Crippen LogP contribution is -2.23. The van der Waals surface area contributed by atoms with Gasteiger partial charge in [-0.2, -0.15) is 5.26 Å². The van der Waals surface area contributed by atoms with Crippen LogP contribution in [0.15, 0.2) is 54.6 Å². The van der Waals surface area contributed by atoms with Gasteiger partial charge in [-0.3, -0.25) is 4.79 Å². The van der Waals surface area contributed by atoms with E-state index in [4.69, 9.17) is 10.00 Å². The molecule has 4 nitrogen and oxygen atoms in total. The number of nitrogens with zero attached hydrogens (tertiary/aromatic N) is 1. The molecule has 0 radical (unpaired) electrons. The maximum atomic E-state index is 11.8. The van der Waals surface area contributed by atoms with Crippen LogP contribution in [0.5, 0.6) is 5.75 Å². The van der Waals surface area contributed by atoms with Gasteiger partial charge in [-0.05, 0) is 36.2 Å². The van der Waals surface area contributed by atoms with Crippen LogP contribution in [0, 0.1) is 11.3 Å². The second-order valence-corrected chi connectivity index (χ2v) is 4.85. The van der Waals surface area contributed by atoms with Crippen molar-refractivity contribution in [2.45, 2.75) is 19.4 Å². The van der Waals surface area contributed by atoms with Crippen LogP contribution in [-0.2, 0) is 11.3 Å². The molecular formula is C18H18N2O2. The van der Waals surface area contributed by atoms with E-state index in [1.54, 1.807) is 12.1 Å². The van der Waals surface area contributed by atoms with E-state index in [0.29, 0.717) is 31.6 Å². The molecule has 0 heterocycles. The summed E-state index contributed by atoms with van der Waals surface area (Å²) < 4.78 is 5.53. The molecule has 2 aromatic carbocycles. The topological polar surface area (TPSA) is 62.1 Å². The third-order valence-electron chi connectivity index (χ3n) is 3.11. The summed E-state index contributed by atoms with van der Waals surface area (Å²) in [6, 6.07) is 18.8. The Morgan fingerprint density at radius 2 is 1.95 bits per heavy atom. The number of nitriles is 1. The first kappa shape index (κ1) is 15.6. The molecule has 0 aliphatic rings. The van der Waals surface area contributed by atoms with E-state index in [2.05, 4.69) is 11.4 Å². The molecule has 112 valence electrons. The number of hydrogen-bond acceptors (Lipinski definition) is 3. The van der Waals surface area contributed by atoms with Gasteiger partial charge in [-0.25, -0.2) is 0 Å². The first-order valence-electron chi connectivity index (χ1n) is 7.21. The van der Waals surface area contributed by atoms with Crippen LogP contribution in [0.3, 0.4) is 0 Å². The number of para-hydroxylation sites is 1. The summed E-state index contributed by atoms with van der Waals surface area (Å²) in [5.41, 5.74) is 1.52. The molecule has 0 spiro atoms. The lowest BCUT2D eigenvalue weighted by atomic mass is 10.1. The minimum Gasteiger partial charge on any atom is -0.494 e. The van der Waals surface area contributed by atoms with Crippen molar-refractivity contribution in [3.05, 3.63) is 65.7 Å². The van der Waals surface area contributed by atoms with Crippen molar-refractivity contribution in [2.75, 3.05) is 6.61 Å². The largest absolute Gasteiger partial charge is 0.494 e. The van der Waals surface area contributed by atoms with E-state index in [-0.39, 0.29) is 5.91 Å². The molecule has 0 aliphatic heterocycles. The normalized spacial score (nSPS) is 9.77. The number of nitrogens with one attached hydrogen (secondary N) is 1. The van der Waals surface area contributed by atoms with Gasteiger partial charge < -0.3 is 10.1 Å². The Balaban J connectivity index is 1.64. The SMILES string of the molecule is N#Cc1cccc(CNC(=O)CCCOc2ccccc2)c1. The summed E-state index contributed by atoms with van der Waals surface area (Å²) in [4.78, 5) is 11.8. The summed E-state index contributed by atoms with van der Waals surface area (Å²) in [5, 5.41) is 11.7. The van der Waals surface area contributed by atoms with Crippen molar-refractivity contribution in [2.24, 2.45) is 0 Å². The van der Waals surface area contributed by atoms with Gasteiger partial charge in [0.05, 0.1) is 18.2 Å². The van der Waals surface area contributed by atoms with Crippen molar-refractivity contribution in [3.8, 4) is 11.8 Å². The van der Waals surface area contributed by atoms with Crippen LogP contribution in [0.25, 0.3) is 0 Å². The van der Waals surface area contributed by atoms with Gasteiger partial charge in [-0.1, -0.05) is 30.3 Å². The predicted molar refractivity (Wildman–Crippen MR) is 84.2 cm³/mol. The van der Waals surface area contributed by atoms with Crippen LogP contribution in [0.4, 0.5) is 0 Å². The molecule has 22 heavy (non-hydrogen) atoms. The second kappa shape index (κ2) is 8.48. The van der Waals surface area contributed by atoms with Crippen molar-refractivity contribution < 1.29 is 9.53 Å². The summed E-state index contributed by atoms with van der Waals surface area (Å²) in [5.74, 6) is 0.801. The molecule has 0 atom stereocenters. The smallest absolute Gasteiger partial charge is 0.220 e. The highest BCUT2D eigenvalue weighted by Gasteiger charge is 2.02. The molecule has 0 aromatic heterocycles. The van der Waals surface area contributed by atoms with Crippen LogP contribution >= 0.6 is 0 Å². The second-order valence-electron chi connectivity index (χ2n) is 4.85. The molecule has 0 saturated carbocycles. The summed E-state index contributed by atoms with van der Waals surface area (Å²) in [6.07, 6.45) is 1.09. The van der Waals surface area contributed by atoms with E-state index < -0.39 is 0 Å². The highest BCUT2D eigenvalue weighted by atomic mass is 16.5. The number of hydrogen-bond donors (Lipinski definition) is 1. The Hall–Kier alpha value is -2.80. The molecule has 0 saturated heterocycles. The minimum atomic E-state index is -0.0148. The Morgan fingerprint density at radius 1 is 1.14 bits per heavy atom. The predicted octanol–water partition coefficient (Wildman–Crippen LogP) is 3.03. The van der Waals surface area contributed by atoms with E-state index in [1.807, 2.05) is 42.5 Å². The third-order valence-corrected chi connectivity index (χ3v) is 3.11. The molecule has 1 amide bonds. The van der Waals surface area contributed by atoms with Crippen molar-refractivity contribution in [1.82, 2.24) is 5.32 Å². The molecule has 4 heteroatoms. The number of ether oxygens (including phenoxy) is 1. The Kier molecular flexibility index (Phi) is 6.01. The average Bonchev–Trinajstić information content (AvgIpc) is 2.58. The lowest BCUT2D eigenvalue weighted by Gasteiger charge is -2.07. The van der Waals surface area contributed by atoms with E-state index in [0.717, 1.165) is 11.3 Å². The number of carbonyl (C=O) groups excluding carboxylic acids is 1. The Labute approximate surface area is 130 Å². The lowest BCUT2D eigenvalue weighted by molar-refractivity contribution is -0.121. The minimum absolute atomic E-state index is 0.0148. The standard InChI is InChI=1S/C18H18N2O2/c19-13-15-6-4-7-16(12-15)14-20-18(21)10-5-11-22-17-8-2-1-3-9-17/h1-4,6-9,12H,5,10-11,14H2,(H,20,21). The van der Waals surface area contributed by atoms with Crippen LogP contribution in [0.2, 0.25) is 0 Å². The molecule has 2 aromatic rings. The highest BCUT2D eigenvalue weighted by molar-refractivity contribution is 5.75. The third kappa shape index (κ3) is 5.29. The maximum Gasteiger partial charge on any atom is 0.220 e. The Bertz CT molecular complexity index is 648. The van der Waals surface area contributed by atoms with Gasteiger partial charge >= 0.3 is 0 Å².